The average Bonchev–Trinajstić information content (AvgIpc) is 3.68. The Balaban J connectivity index is 1.28. The second-order valence-corrected chi connectivity index (χ2v) is 22.6. The summed E-state index contributed by atoms with van der Waals surface area (Å²) in [7, 11) is -4.02. The van der Waals surface area contributed by atoms with E-state index in [4.69, 9.17) is 37.3 Å². The van der Waals surface area contributed by atoms with Gasteiger partial charge < -0.3 is 33.2 Å². The maximum Gasteiger partial charge on any atom is 0.264 e. The van der Waals surface area contributed by atoms with Gasteiger partial charge in [-0.25, -0.2) is 0 Å². The Kier molecular flexibility index (Phi) is 25.4. The molecular formula is C62H90O10S. The number of rotatable bonds is 36. The minimum absolute atomic E-state index is 0.134. The predicted octanol–water partition coefficient (Wildman–Crippen LogP) is 14.4. The molecular weight excluding hydrogens is 937 g/mol. The van der Waals surface area contributed by atoms with Crippen molar-refractivity contribution in [3.8, 4) is 0 Å². The van der Waals surface area contributed by atoms with Crippen LogP contribution in [-0.4, -0.2) is 75.4 Å². The highest BCUT2D eigenvalue weighted by atomic mass is 32.2. The number of hydrogen-bond donors (Lipinski definition) is 0. The van der Waals surface area contributed by atoms with Crippen LogP contribution in [0.3, 0.4) is 0 Å². The summed E-state index contributed by atoms with van der Waals surface area (Å²) >= 11 is 0. The summed E-state index contributed by atoms with van der Waals surface area (Å²) in [5.41, 5.74) is 2.45. The molecule has 2 heterocycles. The molecule has 404 valence electrons. The molecule has 73 heavy (non-hydrogen) atoms. The molecule has 10 nitrogen and oxygen atoms in total. The van der Waals surface area contributed by atoms with Crippen molar-refractivity contribution < 1.29 is 45.8 Å². The van der Waals surface area contributed by atoms with Gasteiger partial charge in [-0.15, -0.1) is 0 Å². The van der Waals surface area contributed by atoms with Gasteiger partial charge in [0.25, 0.3) is 10.1 Å². The van der Waals surface area contributed by atoms with Crippen LogP contribution in [0.15, 0.2) is 121 Å². The average molecular weight is 1030 g/mol. The first-order chi connectivity index (χ1) is 35.5. The molecule has 0 radical (unpaired) electrons. The van der Waals surface area contributed by atoms with Crippen molar-refractivity contribution in [1.82, 2.24) is 0 Å². The van der Waals surface area contributed by atoms with E-state index >= 15 is 0 Å². The molecule has 0 aliphatic carbocycles. The second kappa shape index (κ2) is 31.5. The maximum atomic E-state index is 13.4. The van der Waals surface area contributed by atoms with E-state index < -0.39 is 64.2 Å². The molecule has 4 aromatic carbocycles. The number of hydrogen-bond acceptors (Lipinski definition) is 10. The second-order valence-electron chi connectivity index (χ2n) is 21.0. The molecule has 2 saturated heterocycles. The molecule has 0 amide bonds. The van der Waals surface area contributed by atoms with E-state index in [0.29, 0.717) is 13.0 Å². The topological polar surface area (TPSA) is 108 Å². The predicted molar refractivity (Wildman–Crippen MR) is 291 cm³/mol. The van der Waals surface area contributed by atoms with Crippen molar-refractivity contribution in [1.29, 1.82) is 0 Å². The minimum atomic E-state index is -4.02. The molecule has 0 N–H and O–H groups in total. The molecule has 0 bridgehead atoms. The summed E-state index contributed by atoms with van der Waals surface area (Å²) in [6, 6.07) is 40.2. The lowest BCUT2D eigenvalue weighted by molar-refractivity contribution is -0.321. The van der Waals surface area contributed by atoms with Crippen molar-refractivity contribution in [2.75, 3.05) is 12.9 Å². The van der Waals surface area contributed by atoms with Gasteiger partial charge in [-0.05, 0) is 48.9 Å². The third-order valence-corrected chi connectivity index (χ3v) is 15.0. The van der Waals surface area contributed by atoms with Crippen LogP contribution in [0.25, 0.3) is 0 Å². The van der Waals surface area contributed by atoms with Gasteiger partial charge in [0.15, 0.2) is 11.4 Å². The van der Waals surface area contributed by atoms with Gasteiger partial charge in [0.1, 0.15) is 36.6 Å². The van der Waals surface area contributed by atoms with E-state index in [-0.39, 0.29) is 32.8 Å². The van der Waals surface area contributed by atoms with Gasteiger partial charge in [0, 0.05) is 0 Å². The molecule has 0 spiro atoms. The summed E-state index contributed by atoms with van der Waals surface area (Å²) < 4.78 is 82.8. The van der Waals surface area contributed by atoms with Crippen molar-refractivity contribution in [3.05, 3.63) is 144 Å². The fourth-order valence-corrected chi connectivity index (χ4v) is 11.5. The molecule has 0 aromatic heterocycles. The first-order valence-corrected chi connectivity index (χ1v) is 29.8. The molecule has 2 fully saturated rings. The summed E-state index contributed by atoms with van der Waals surface area (Å²) in [4.78, 5) is 0. The SMILES string of the molecule is CCCCCCCCCCCCCCCCCCC[C@H]1OC(C)(C)O[C@@]1([C@@H]1O[C@H](COCc2ccccc2)[C@H](OCc2ccccc2)[C@H](OCc2ccccc2)[C@H]1OCc1ccccc1)[C@@H](CC)OS(C)(=O)=O. The van der Waals surface area contributed by atoms with Crippen LogP contribution in [0, 0.1) is 0 Å². The first kappa shape index (κ1) is 58.8. The van der Waals surface area contributed by atoms with E-state index in [1.54, 1.807) is 0 Å². The number of benzene rings is 4. The van der Waals surface area contributed by atoms with E-state index in [2.05, 4.69) is 6.92 Å². The molecule has 8 atom stereocenters. The van der Waals surface area contributed by atoms with Crippen LogP contribution in [0.5, 0.6) is 0 Å². The smallest absolute Gasteiger partial charge is 0.264 e. The fourth-order valence-electron chi connectivity index (χ4n) is 10.8. The van der Waals surface area contributed by atoms with Crippen molar-refractivity contribution >= 4 is 10.1 Å². The Morgan fingerprint density at radius 3 is 1.34 bits per heavy atom. The standard InChI is InChI=1S/C62H90O10S/c1-6-8-9-10-11-12-13-14-15-16-17-18-19-20-21-22-35-44-56-62(72-61(3,4)70-56,55(7-2)71-73(5,63)64)60-59(68-48-53-42-33-26-34-43-53)58(67-47-52-40-31-25-32-41-52)57(66-46-51-38-29-24-30-39-51)54(69-60)49-65-45-50-36-27-23-28-37-50/h23-34,36-43,54-60H,6-22,35,44-49H2,1-5H3/t54-,55-,56-,57+,58+,59-,60-,62+/m1/s1. The largest absolute Gasteiger partial charge is 0.374 e. The van der Waals surface area contributed by atoms with Crippen LogP contribution in [0.1, 0.15) is 172 Å². The lowest BCUT2D eigenvalue weighted by Crippen LogP contribution is -2.72. The van der Waals surface area contributed by atoms with E-state index in [9.17, 15) is 8.42 Å². The third kappa shape index (κ3) is 19.5. The minimum Gasteiger partial charge on any atom is -0.374 e. The summed E-state index contributed by atoms with van der Waals surface area (Å²) in [5.74, 6) is -1.14. The zero-order valence-electron chi connectivity index (χ0n) is 45.0. The maximum absolute atomic E-state index is 13.4. The molecule has 4 aromatic rings. The Bertz CT molecular complexity index is 2160. The Hall–Kier alpha value is -3.49. The van der Waals surface area contributed by atoms with E-state index in [1.807, 2.05) is 142 Å². The highest BCUT2D eigenvalue weighted by molar-refractivity contribution is 7.86. The van der Waals surface area contributed by atoms with Crippen molar-refractivity contribution in [2.45, 2.75) is 230 Å². The zero-order valence-corrected chi connectivity index (χ0v) is 45.9. The Labute approximate surface area is 440 Å². The number of unbranched alkanes of at least 4 members (excludes halogenated alkanes) is 16. The lowest BCUT2D eigenvalue weighted by Gasteiger charge is -2.53. The van der Waals surface area contributed by atoms with Crippen LogP contribution in [0.4, 0.5) is 0 Å². The van der Waals surface area contributed by atoms with Crippen LogP contribution in [-0.2, 0) is 73.9 Å². The highest BCUT2D eigenvalue weighted by Gasteiger charge is 2.68. The molecule has 6 rings (SSSR count). The van der Waals surface area contributed by atoms with Crippen molar-refractivity contribution in [3.63, 3.8) is 0 Å². The summed E-state index contributed by atoms with van der Waals surface area (Å²) in [6.07, 6.45) is 17.9. The van der Waals surface area contributed by atoms with Gasteiger partial charge in [-0.1, -0.05) is 244 Å². The molecule has 2 aliphatic rings. The monoisotopic (exact) mass is 1030 g/mol. The quantitative estimate of drug-likeness (QED) is 0.0323. The molecule has 11 heteroatoms. The molecule has 2 aliphatic heterocycles. The van der Waals surface area contributed by atoms with Crippen LogP contribution >= 0.6 is 0 Å². The van der Waals surface area contributed by atoms with E-state index in [1.165, 1.54) is 89.9 Å². The van der Waals surface area contributed by atoms with E-state index in [0.717, 1.165) is 47.8 Å². The first-order valence-electron chi connectivity index (χ1n) is 28.0. The van der Waals surface area contributed by atoms with Gasteiger partial charge in [0.05, 0.1) is 45.4 Å². The number of ether oxygens (including phenoxy) is 7. The Morgan fingerprint density at radius 2 is 0.918 bits per heavy atom. The van der Waals surface area contributed by atoms with Crippen molar-refractivity contribution in [2.24, 2.45) is 0 Å². The van der Waals surface area contributed by atoms with Crippen LogP contribution < -0.4 is 0 Å². The third-order valence-electron chi connectivity index (χ3n) is 14.4. The molecule has 0 saturated carbocycles. The fraction of sp³-hybridized carbons (Fsp3) is 0.613. The zero-order chi connectivity index (χ0) is 51.6. The van der Waals surface area contributed by atoms with Gasteiger partial charge in [0.2, 0.25) is 0 Å². The molecule has 0 unspecified atom stereocenters. The highest BCUT2D eigenvalue weighted by Crippen LogP contribution is 2.50. The Morgan fingerprint density at radius 1 is 0.521 bits per heavy atom. The summed E-state index contributed by atoms with van der Waals surface area (Å²) in [5, 5.41) is 0. The van der Waals surface area contributed by atoms with Gasteiger partial charge in [-0.2, -0.15) is 8.42 Å². The van der Waals surface area contributed by atoms with Gasteiger partial charge in [-0.3, -0.25) is 4.18 Å². The van der Waals surface area contributed by atoms with Crippen LogP contribution in [0.2, 0.25) is 0 Å². The normalized spacial score (nSPS) is 23.4. The lowest BCUT2D eigenvalue weighted by atomic mass is 9.75. The van der Waals surface area contributed by atoms with Gasteiger partial charge >= 0.3 is 0 Å². The summed E-state index contributed by atoms with van der Waals surface area (Å²) in [6.45, 7) is 9.21.